The van der Waals surface area contributed by atoms with Gasteiger partial charge in [-0.2, -0.15) is 0 Å². The van der Waals surface area contributed by atoms with Gasteiger partial charge in [-0.05, 0) is 31.3 Å². The molecule has 1 N–H and O–H groups in total. The number of benzene rings is 1. The molecule has 1 rings (SSSR count). The molecule has 0 spiro atoms. The van der Waals surface area contributed by atoms with Crippen LogP contribution in [0, 0.1) is 0 Å². The van der Waals surface area contributed by atoms with Crippen molar-refractivity contribution >= 4 is 11.7 Å². The van der Waals surface area contributed by atoms with Crippen molar-refractivity contribution in [1.82, 2.24) is 0 Å². The van der Waals surface area contributed by atoms with E-state index in [-0.39, 0.29) is 5.97 Å². The van der Waals surface area contributed by atoms with Crippen LogP contribution in [0.3, 0.4) is 0 Å². The fourth-order valence-electron chi connectivity index (χ4n) is 1.07. The van der Waals surface area contributed by atoms with Gasteiger partial charge in [0, 0.05) is 5.69 Å². The van der Waals surface area contributed by atoms with E-state index in [0.29, 0.717) is 12.2 Å². The van der Waals surface area contributed by atoms with Crippen LogP contribution in [-0.2, 0) is 4.74 Å². The molecule has 14 heavy (non-hydrogen) atoms. The van der Waals surface area contributed by atoms with Crippen molar-refractivity contribution in [3.63, 3.8) is 0 Å². The first-order chi connectivity index (χ1) is 6.77. The van der Waals surface area contributed by atoms with Gasteiger partial charge in [0.1, 0.15) is 0 Å². The number of carbonyl (C=O) groups excluding carboxylic acids is 1. The number of anilines is 1. The zero-order chi connectivity index (χ0) is 10.4. The molecule has 0 unspecified atom stereocenters. The van der Waals surface area contributed by atoms with Crippen LogP contribution in [0.1, 0.15) is 17.3 Å². The van der Waals surface area contributed by atoms with Crippen LogP contribution < -0.4 is 5.32 Å². The number of rotatable bonds is 4. The molecule has 74 valence electrons. The molecule has 0 atom stereocenters. The first kappa shape index (κ1) is 10.3. The maximum atomic E-state index is 11.3. The van der Waals surface area contributed by atoms with Crippen molar-refractivity contribution in [3.8, 4) is 0 Å². The van der Waals surface area contributed by atoms with Gasteiger partial charge in [-0.1, -0.05) is 12.6 Å². The summed E-state index contributed by atoms with van der Waals surface area (Å²) in [7, 11) is 0. The van der Waals surface area contributed by atoms with Crippen molar-refractivity contribution in [3.05, 3.63) is 42.6 Å². The molecule has 1 aromatic carbocycles. The molecule has 0 bridgehead atoms. The van der Waals surface area contributed by atoms with E-state index >= 15 is 0 Å². The second-order valence-electron chi connectivity index (χ2n) is 2.65. The van der Waals surface area contributed by atoms with Gasteiger partial charge in [0.2, 0.25) is 0 Å². The van der Waals surface area contributed by atoms with Gasteiger partial charge in [0.25, 0.3) is 0 Å². The summed E-state index contributed by atoms with van der Waals surface area (Å²) in [6.45, 7) is 5.71. The van der Waals surface area contributed by atoms with Gasteiger partial charge in [0.15, 0.2) is 0 Å². The van der Waals surface area contributed by atoms with Crippen molar-refractivity contribution in [2.75, 3.05) is 11.9 Å². The summed E-state index contributed by atoms with van der Waals surface area (Å²) in [5.41, 5.74) is 1.37. The molecule has 0 amide bonds. The predicted octanol–water partition coefficient (Wildman–Crippen LogP) is 2.42. The molecule has 0 heterocycles. The molecule has 3 nitrogen and oxygen atoms in total. The number of hydrogen-bond acceptors (Lipinski definition) is 3. The standard InChI is InChI=1S/C11H13NO2/c1-3-12-10-7-5-6-9(8-10)11(13)14-4-2/h3,5-8,12H,1,4H2,2H3. The van der Waals surface area contributed by atoms with Crippen molar-refractivity contribution in [2.45, 2.75) is 6.92 Å². The Bertz CT molecular complexity index is 334. The van der Waals surface area contributed by atoms with E-state index in [0.717, 1.165) is 5.69 Å². The molecule has 0 aliphatic rings. The van der Waals surface area contributed by atoms with Crippen LogP contribution in [0.25, 0.3) is 0 Å². The Labute approximate surface area is 83.4 Å². The van der Waals surface area contributed by atoms with E-state index < -0.39 is 0 Å². The molecule has 0 aliphatic heterocycles. The quantitative estimate of drug-likeness (QED) is 0.743. The van der Waals surface area contributed by atoms with Crippen LogP contribution in [0.5, 0.6) is 0 Å². The minimum atomic E-state index is -0.305. The number of carbonyl (C=O) groups is 1. The average Bonchev–Trinajstić information content (AvgIpc) is 2.19. The molecular formula is C11H13NO2. The predicted molar refractivity (Wildman–Crippen MR) is 56.2 cm³/mol. The lowest BCUT2D eigenvalue weighted by molar-refractivity contribution is 0.0526. The van der Waals surface area contributed by atoms with E-state index in [1.807, 2.05) is 6.07 Å². The number of nitrogens with one attached hydrogen (secondary N) is 1. The summed E-state index contributed by atoms with van der Waals surface area (Å²) < 4.78 is 4.87. The van der Waals surface area contributed by atoms with Crippen LogP contribution in [0.4, 0.5) is 5.69 Å². The molecule has 3 heteroatoms. The molecule has 0 radical (unpaired) electrons. The fraction of sp³-hybridized carbons (Fsp3) is 0.182. The Hall–Kier alpha value is -1.77. The molecule has 0 saturated heterocycles. The van der Waals surface area contributed by atoms with Crippen molar-refractivity contribution in [2.24, 2.45) is 0 Å². The third-order valence-corrected chi connectivity index (χ3v) is 1.64. The number of hydrogen-bond donors (Lipinski definition) is 1. The monoisotopic (exact) mass is 191 g/mol. The SMILES string of the molecule is C=CNc1cccc(C(=O)OCC)c1. The Morgan fingerprint density at radius 1 is 1.64 bits per heavy atom. The van der Waals surface area contributed by atoms with Gasteiger partial charge >= 0.3 is 5.97 Å². The smallest absolute Gasteiger partial charge is 0.338 e. The first-order valence-electron chi connectivity index (χ1n) is 4.42. The van der Waals surface area contributed by atoms with Crippen LogP contribution in [0.15, 0.2) is 37.0 Å². The van der Waals surface area contributed by atoms with Gasteiger partial charge in [-0.25, -0.2) is 4.79 Å². The summed E-state index contributed by atoms with van der Waals surface area (Å²) in [6.07, 6.45) is 1.56. The van der Waals surface area contributed by atoms with Crippen molar-refractivity contribution in [1.29, 1.82) is 0 Å². The summed E-state index contributed by atoms with van der Waals surface area (Å²) in [5.74, 6) is -0.305. The Morgan fingerprint density at radius 2 is 2.43 bits per heavy atom. The summed E-state index contributed by atoms with van der Waals surface area (Å²) >= 11 is 0. The highest BCUT2D eigenvalue weighted by Crippen LogP contribution is 2.11. The van der Waals surface area contributed by atoms with E-state index in [4.69, 9.17) is 4.74 Å². The number of ether oxygens (including phenoxy) is 1. The summed E-state index contributed by atoms with van der Waals surface area (Å²) in [4.78, 5) is 11.3. The summed E-state index contributed by atoms with van der Waals surface area (Å²) in [6, 6.07) is 7.08. The third-order valence-electron chi connectivity index (χ3n) is 1.64. The number of esters is 1. The first-order valence-corrected chi connectivity index (χ1v) is 4.42. The normalized spacial score (nSPS) is 9.21. The zero-order valence-corrected chi connectivity index (χ0v) is 8.12. The lowest BCUT2D eigenvalue weighted by Gasteiger charge is -2.04. The Balaban J connectivity index is 2.82. The minimum absolute atomic E-state index is 0.305. The lowest BCUT2D eigenvalue weighted by atomic mass is 10.2. The second-order valence-corrected chi connectivity index (χ2v) is 2.65. The van der Waals surface area contributed by atoms with E-state index in [2.05, 4.69) is 11.9 Å². The largest absolute Gasteiger partial charge is 0.462 e. The van der Waals surface area contributed by atoms with E-state index in [1.54, 1.807) is 31.3 Å². The fourth-order valence-corrected chi connectivity index (χ4v) is 1.07. The van der Waals surface area contributed by atoms with Gasteiger partial charge in [-0.15, -0.1) is 0 Å². The topological polar surface area (TPSA) is 38.3 Å². The van der Waals surface area contributed by atoms with Crippen molar-refractivity contribution < 1.29 is 9.53 Å². The lowest BCUT2D eigenvalue weighted by Crippen LogP contribution is -2.04. The minimum Gasteiger partial charge on any atom is -0.462 e. The third kappa shape index (κ3) is 2.62. The average molecular weight is 191 g/mol. The molecule has 1 aromatic rings. The molecule has 0 aliphatic carbocycles. The van der Waals surface area contributed by atoms with Crippen LogP contribution in [-0.4, -0.2) is 12.6 Å². The van der Waals surface area contributed by atoms with Gasteiger partial charge in [0.05, 0.1) is 12.2 Å². The molecule has 0 fully saturated rings. The highest BCUT2D eigenvalue weighted by Gasteiger charge is 2.05. The van der Waals surface area contributed by atoms with Crippen LogP contribution >= 0.6 is 0 Å². The second kappa shape index (κ2) is 5.07. The molecular weight excluding hydrogens is 178 g/mol. The zero-order valence-electron chi connectivity index (χ0n) is 8.12. The molecule has 0 aromatic heterocycles. The van der Waals surface area contributed by atoms with E-state index in [9.17, 15) is 4.79 Å². The van der Waals surface area contributed by atoms with Gasteiger partial charge < -0.3 is 10.1 Å². The maximum absolute atomic E-state index is 11.3. The van der Waals surface area contributed by atoms with Crippen LogP contribution in [0.2, 0.25) is 0 Å². The maximum Gasteiger partial charge on any atom is 0.338 e. The highest BCUT2D eigenvalue weighted by atomic mass is 16.5. The Morgan fingerprint density at radius 3 is 3.07 bits per heavy atom. The highest BCUT2D eigenvalue weighted by molar-refractivity contribution is 5.90. The summed E-state index contributed by atoms with van der Waals surface area (Å²) in [5, 5.41) is 2.90. The molecule has 0 saturated carbocycles. The van der Waals surface area contributed by atoms with E-state index in [1.165, 1.54) is 0 Å². The van der Waals surface area contributed by atoms with Gasteiger partial charge in [-0.3, -0.25) is 0 Å². The Kier molecular flexibility index (Phi) is 3.73.